The Morgan fingerprint density at radius 2 is 1.83 bits per heavy atom. The van der Waals surface area contributed by atoms with E-state index in [1.807, 2.05) is 37.3 Å². The molecule has 5 nitrogen and oxygen atoms in total. The summed E-state index contributed by atoms with van der Waals surface area (Å²) >= 11 is 1.46. The second kappa shape index (κ2) is 7.60. The molecule has 0 bridgehead atoms. The molecule has 0 saturated carbocycles. The molecular weight excluding hydrogens is 389 g/mol. The number of nitrogens with one attached hydrogen (secondary N) is 1. The number of thiophene rings is 1. The smallest absolute Gasteiger partial charge is 0.263 e. The maximum Gasteiger partial charge on any atom is 0.263 e. The third-order valence-corrected chi connectivity index (χ3v) is 5.80. The molecule has 1 atom stereocenters. The number of hydrogen-bond acceptors (Lipinski definition) is 4. The zero-order chi connectivity index (χ0) is 20.5. The van der Waals surface area contributed by atoms with Crippen molar-refractivity contribution in [1.82, 2.24) is 9.55 Å². The molecule has 1 amide bonds. The average Bonchev–Trinajstić information content (AvgIpc) is 3.07. The normalized spacial score (nSPS) is 12.1. The summed E-state index contributed by atoms with van der Waals surface area (Å²) in [5.41, 5.74) is 1.99. The summed E-state index contributed by atoms with van der Waals surface area (Å²) < 4.78 is 14.4. The highest BCUT2D eigenvalue weighted by Crippen LogP contribution is 2.35. The van der Waals surface area contributed by atoms with Crippen LogP contribution in [-0.2, 0) is 4.79 Å². The molecule has 0 aliphatic heterocycles. The zero-order valence-corrected chi connectivity index (χ0v) is 16.7. The minimum absolute atomic E-state index is 0.264. The first-order valence-electron chi connectivity index (χ1n) is 9.08. The van der Waals surface area contributed by atoms with Gasteiger partial charge in [0.1, 0.15) is 16.7 Å². The molecule has 29 heavy (non-hydrogen) atoms. The van der Waals surface area contributed by atoms with Crippen LogP contribution >= 0.6 is 11.3 Å². The van der Waals surface area contributed by atoms with Crippen LogP contribution in [0, 0.1) is 12.7 Å². The number of halogens is 1. The van der Waals surface area contributed by atoms with Crippen molar-refractivity contribution in [1.29, 1.82) is 0 Å². The molecule has 2 aromatic carbocycles. The lowest BCUT2D eigenvalue weighted by Crippen LogP contribution is -2.31. The molecule has 0 spiro atoms. The summed E-state index contributed by atoms with van der Waals surface area (Å²) in [6.07, 6.45) is 1.41. The first kappa shape index (κ1) is 19.0. The molecule has 4 rings (SSSR count). The van der Waals surface area contributed by atoms with E-state index in [9.17, 15) is 14.0 Å². The van der Waals surface area contributed by atoms with Gasteiger partial charge in [0.15, 0.2) is 0 Å². The standard InChI is InChI=1S/C22H18FN3O2S/c1-13(20(27)25-17-10-8-16(23)9-11-17)26-12-24-21-19(22(26)28)18(14(2)29-21)15-6-4-3-5-7-15/h3-13H,1-2H3,(H,25,27). The number of rotatable bonds is 4. The highest BCUT2D eigenvalue weighted by molar-refractivity contribution is 7.19. The Balaban J connectivity index is 1.74. The number of fused-ring (bicyclic) bond motifs is 1. The molecule has 2 heterocycles. The van der Waals surface area contributed by atoms with Crippen LogP contribution in [0.15, 0.2) is 65.7 Å². The van der Waals surface area contributed by atoms with Crippen molar-refractivity contribution in [3.63, 3.8) is 0 Å². The number of benzene rings is 2. The number of hydrogen-bond donors (Lipinski definition) is 1. The zero-order valence-electron chi connectivity index (χ0n) is 15.8. The minimum atomic E-state index is -0.784. The van der Waals surface area contributed by atoms with E-state index in [0.717, 1.165) is 16.0 Å². The quantitative estimate of drug-likeness (QED) is 0.530. The van der Waals surface area contributed by atoms with Gasteiger partial charge in [0, 0.05) is 16.1 Å². The molecule has 1 unspecified atom stereocenters. The lowest BCUT2D eigenvalue weighted by atomic mass is 10.0. The monoisotopic (exact) mass is 407 g/mol. The van der Waals surface area contributed by atoms with Crippen LogP contribution < -0.4 is 10.9 Å². The highest BCUT2D eigenvalue weighted by atomic mass is 32.1. The van der Waals surface area contributed by atoms with Gasteiger partial charge in [-0.25, -0.2) is 9.37 Å². The van der Waals surface area contributed by atoms with E-state index in [1.54, 1.807) is 6.92 Å². The fraction of sp³-hybridized carbons (Fsp3) is 0.136. The lowest BCUT2D eigenvalue weighted by molar-refractivity contribution is -0.118. The molecule has 0 aliphatic carbocycles. The van der Waals surface area contributed by atoms with Gasteiger partial charge in [-0.2, -0.15) is 0 Å². The molecule has 0 fully saturated rings. The number of aryl methyl sites for hydroxylation is 1. The molecule has 0 saturated heterocycles. The summed E-state index contributed by atoms with van der Waals surface area (Å²) in [7, 11) is 0. The number of amides is 1. The van der Waals surface area contributed by atoms with Crippen LogP contribution in [-0.4, -0.2) is 15.5 Å². The topological polar surface area (TPSA) is 64.0 Å². The average molecular weight is 407 g/mol. The Labute approximate surface area is 170 Å². The Morgan fingerprint density at radius 1 is 1.14 bits per heavy atom. The molecule has 4 aromatic rings. The van der Waals surface area contributed by atoms with E-state index in [2.05, 4.69) is 10.3 Å². The second-order valence-corrected chi connectivity index (χ2v) is 7.91. The third kappa shape index (κ3) is 3.56. The Kier molecular flexibility index (Phi) is 4.98. The van der Waals surface area contributed by atoms with E-state index in [-0.39, 0.29) is 17.3 Å². The van der Waals surface area contributed by atoms with Crippen LogP contribution in [0.5, 0.6) is 0 Å². The Bertz CT molecular complexity index is 1250. The van der Waals surface area contributed by atoms with Crippen molar-refractivity contribution >= 4 is 33.1 Å². The van der Waals surface area contributed by atoms with Gasteiger partial charge in [0.2, 0.25) is 5.91 Å². The number of anilines is 1. The predicted molar refractivity (Wildman–Crippen MR) is 114 cm³/mol. The van der Waals surface area contributed by atoms with E-state index in [4.69, 9.17) is 0 Å². The molecule has 1 N–H and O–H groups in total. The predicted octanol–water partition coefficient (Wildman–Crippen LogP) is 4.77. The highest BCUT2D eigenvalue weighted by Gasteiger charge is 2.21. The molecule has 7 heteroatoms. The van der Waals surface area contributed by atoms with Crippen LogP contribution in [0.2, 0.25) is 0 Å². The first-order chi connectivity index (χ1) is 14.0. The van der Waals surface area contributed by atoms with Gasteiger partial charge in [0.25, 0.3) is 5.56 Å². The SMILES string of the molecule is Cc1sc2ncn(C(C)C(=O)Nc3ccc(F)cc3)c(=O)c2c1-c1ccccc1. The molecule has 0 radical (unpaired) electrons. The van der Waals surface area contributed by atoms with Gasteiger partial charge in [-0.1, -0.05) is 30.3 Å². The van der Waals surface area contributed by atoms with E-state index in [1.165, 1.54) is 46.5 Å². The van der Waals surface area contributed by atoms with Gasteiger partial charge in [-0.05, 0) is 43.7 Å². The maximum atomic E-state index is 13.3. The van der Waals surface area contributed by atoms with Crippen LogP contribution in [0.4, 0.5) is 10.1 Å². The molecule has 0 aliphatic rings. The van der Waals surface area contributed by atoms with Crippen molar-refractivity contribution in [3.05, 3.63) is 82.0 Å². The van der Waals surface area contributed by atoms with Crippen LogP contribution in [0.25, 0.3) is 21.3 Å². The third-order valence-electron chi connectivity index (χ3n) is 4.78. The van der Waals surface area contributed by atoms with E-state index in [0.29, 0.717) is 15.9 Å². The van der Waals surface area contributed by atoms with Gasteiger partial charge >= 0.3 is 0 Å². The number of carbonyl (C=O) groups excluding carboxylic acids is 1. The molecular formula is C22H18FN3O2S. The van der Waals surface area contributed by atoms with Gasteiger partial charge in [0.05, 0.1) is 11.7 Å². The van der Waals surface area contributed by atoms with Crippen LogP contribution in [0.3, 0.4) is 0 Å². The number of nitrogens with zero attached hydrogens (tertiary/aromatic N) is 2. The van der Waals surface area contributed by atoms with Crippen LogP contribution in [0.1, 0.15) is 17.8 Å². The van der Waals surface area contributed by atoms with Crippen molar-refractivity contribution in [3.8, 4) is 11.1 Å². The van der Waals surface area contributed by atoms with Gasteiger partial charge in [-0.3, -0.25) is 14.2 Å². The summed E-state index contributed by atoms with van der Waals surface area (Å²) in [5, 5.41) is 3.22. The van der Waals surface area contributed by atoms with Crippen molar-refractivity contribution in [2.75, 3.05) is 5.32 Å². The summed E-state index contributed by atoms with van der Waals surface area (Å²) in [5.74, 6) is -0.767. The number of aromatic nitrogens is 2. The summed E-state index contributed by atoms with van der Waals surface area (Å²) in [4.78, 5) is 32.0. The largest absolute Gasteiger partial charge is 0.324 e. The maximum absolute atomic E-state index is 13.3. The second-order valence-electron chi connectivity index (χ2n) is 6.71. The molecule has 146 valence electrons. The Hall–Kier alpha value is -3.32. The fourth-order valence-electron chi connectivity index (χ4n) is 3.25. The molecule has 2 aromatic heterocycles. The lowest BCUT2D eigenvalue weighted by Gasteiger charge is -2.15. The van der Waals surface area contributed by atoms with E-state index >= 15 is 0 Å². The summed E-state index contributed by atoms with van der Waals surface area (Å²) in [6.45, 7) is 3.60. The Morgan fingerprint density at radius 3 is 2.52 bits per heavy atom. The summed E-state index contributed by atoms with van der Waals surface area (Å²) in [6, 6.07) is 14.4. The van der Waals surface area contributed by atoms with Gasteiger partial charge in [-0.15, -0.1) is 11.3 Å². The number of carbonyl (C=O) groups is 1. The first-order valence-corrected chi connectivity index (χ1v) is 9.89. The minimum Gasteiger partial charge on any atom is -0.324 e. The van der Waals surface area contributed by atoms with Crippen molar-refractivity contribution in [2.24, 2.45) is 0 Å². The van der Waals surface area contributed by atoms with E-state index < -0.39 is 6.04 Å². The van der Waals surface area contributed by atoms with Gasteiger partial charge < -0.3 is 5.32 Å². The van der Waals surface area contributed by atoms with Crippen molar-refractivity contribution in [2.45, 2.75) is 19.9 Å². The fourth-order valence-corrected chi connectivity index (χ4v) is 4.25. The van der Waals surface area contributed by atoms with Crippen molar-refractivity contribution < 1.29 is 9.18 Å².